The molecule has 0 fully saturated rings. The first-order valence-electron chi connectivity index (χ1n) is 8.46. The summed E-state index contributed by atoms with van der Waals surface area (Å²) in [5.41, 5.74) is 2.33. The van der Waals surface area contributed by atoms with Crippen molar-refractivity contribution in [2.75, 3.05) is 4.90 Å². The summed E-state index contributed by atoms with van der Waals surface area (Å²) in [6, 6.07) is 11.1. The zero-order valence-electron chi connectivity index (χ0n) is 14.4. The van der Waals surface area contributed by atoms with Gasteiger partial charge in [0.25, 0.3) is 0 Å². The zero-order chi connectivity index (χ0) is 17.9. The van der Waals surface area contributed by atoms with Gasteiger partial charge in [-0.1, -0.05) is 18.2 Å². The van der Waals surface area contributed by atoms with E-state index in [1.807, 2.05) is 46.7 Å². The van der Waals surface area contributed by atoms with Gasteiger partial charge in [-0.15, -0.1) is 0 Å². The molecule has 0 atom stereocenters. The Morgan fingerprint density at radius 1 is 1.08 bits per heavy atom. The number of phenols is 1. The quantitative estimate of drug-likeness (QED) is 0.575. The van der Waals surface area contributed by atoms with Gasteiger partial charge >= 0.3 is 0 Å². The lowest BCUT2D eigenvalue weighted by atomic mass is 10.2. The van der Waals surface area contributed by atoms with Gasteiger partial charge in [-0.05, 0) is 25.1 Å². The molecular formula is C19H19N5O2. The Labute approximate surface area is 150 Å². The highest BCUT2D eigenvalue weighted by Crippen LogP contribution is 2.27. The van der Waals surface area contributed by atoms with E-state index in [1.165, 1.54) is 0 Å². The predicted octanol–water partition coefficient (Wildman–Crippen LogP) is 3.35. The van der Waals surface area contributed by atoms with Crippen LogP contribution < -0.4 is 4.90 Å². The molecule has 1 N–H and O–H groups in total. The van der Waals surface area contributed by atoms with E-state index in [-0.39, 0.29) is 5.75 Å². The maximum Gasteiger partial charge on any atom is 0.165 e. The van der Waals surface area contributed by atoms with E-state index in [0.717, 1.165) is 29.0 Å². The molecule has 4 rings (SSSR count). The van der Waals surface area contributed by atoms with Gasteiger partial charge < -0.3 is 19.0 Å². The van der Waals surface area contributed by atoms with E-state index in [0.29, 0.717) is 18.9 Å². The lowest BCUT2D eigenvalue weighted by Crippen LogP contribution is -2.23. The van der Waals surface area contributed by atoms with E-state index in [9.17, 15) is 5.11 Å². The smallest absolute Gasteiger partial charge is 0.165 e. The SMILES string of the molecule is CCn1cnc2c(N(Cc3ccco3)Cc3ccccc3O)ncnc21. The number of anilines is 1. The van der Waals surface area contributed by atoms with Crippen molar-refractivity contribution < 1.29 is 9.52 Å². The van der Waals surface area contributed by atoms with Gasteiger partial charge in [-0.2, -0.15) is 0 Å². The minimum atomic E-state index is 0.251. The molecule has 3 aromatic heterocycles. The van der Waals surface area contributed by atoms with Crippen LogP contribution in [-0.4, -0.2) is 24.6 Å². The lowest BCUT2D eigenvalue weighted by molar-refractivity contribution is 0.464. The number of hydrogen-bond acceptors (Lipinski definition) is 6. The van der Waals surface area contributed by atoms with Crippen LogP contribution in [0.5, 0.6) is 5.75 Å². The third-order valence-corrected chi connectivity index (χ3v) is 4.30. The van der Waals surface area contributed by atoms with Crippen molar-refractivity contribution in [2.45, 2.75) is 26.6 Å². The molecular weight excluding hydrogens is 330 g/mol. The number of phenolic OH excluding ortho intramolecular Hbond substituents is 1. The van der Waals surface area contributed by atoms with Crippen LogP contribution in [-0.2, 0) is 19.6 Å². The van der Waals surface area contributed by atoms with Crippen molar-refractivity contribution in [2.24, 2.45) is 0 Å². The van der Waals surface area contributed by atoms with Crippen molar-refractivity contribution in [1.29, 1.82) is 0 Å². The Morgan fingerprint density at radius 2 is 1.96 bits per heavy atom. The van der Waals surface area contributed by atoms with E-state index in [1.54, 1.807) is 25.0 Å². The van der Waals surface area contributed by atoms with Crippen LogP contribution in [0.15, 0.2) is 59.7 Å². The maximum atomic E-state index is 10.2. The Balaban J connectivity index is 1.77. The number of aryl methyl sites for hydroxylation is 1. The monoisotopic (exact) mass is 349 g/mol. The average Bonchev–Trinajstić information content (AvgIpc) is 3.32. The molecule has 0 aliphatic heterocycles. The first kappa shape index (κ1) is 16.1. The van der Waals surface area contributed by atoms with Gasteiger partial charge in [0.05, 0.1) is 19.1 Å². The average molecular weight is 349 g/mol. The highest BCUT2D eigenvalue weighted by molar-refractivity contribution is 5.83. The summed E-state index contributed by atoms with van der Waals surface area (Å²) < 4.78 is 7.50. The van der Waals surface area contributed by atoms with Crippen LogP contribution in [0, 0.1) is 0 Å². The molecule has 0 radical (unpaired) electrons. The van der Waals surface area contributed by atoms with Gasteiger partial charge in [0.2, 0.25) is 0 Å². The molecule has 3 heterocycles. The molecule has 132 valence electrons. The second kappa shape index (κ2) is 6.87. The summed E-state index contributed by atoms with van der Waals surface area (Å²) >= 11 is 0. The number of rotatable bonds is 6. The summed E-state index contributed by atoms with van der Waals surface area (Å²) in [5, 5.41) is 10.2. The fourth-order valence-electron chi connectivity index (χ4n) is 2.98. The minimum absolute atomic E-state index is 0.251. The molecule has 4 aromatic rings. The van der Waals surface area contributed by atoms with Gasteiger partial charge in [0.15, 0.2) is 17.0 Å². The molecule has 0 spiro atoms. The van der Waals surface area contributed by atoms with Crippen LogP contribution >= 0.6 is 0 Å². The van der Waals surface area contributed by atoms with Crippen molar-refractivity contribution in [3.63, 3.8) is 0 Å². The van der Waals surface area contributed by atoms with Crippen molar-refractivity contribution >= 4 is 17.0 Å². The van der Waals surface area contributed by atoms with Crippen LogP contribution in [0.2, 0.25) is 0 Å². The molecule has 0 aliphatic rings. The standard InChI is InChI=1S/C19H19N5O2/c1-2-23-13-22-17-18(23)20-12-21-19(17)24(11-15-7-5-9-26-15)10-14-6-3-4-8-16(14)25/h3-9,12-13,25H,2,10-11H2,1H3. The van der Waals surface area contributed by atoms with Gasteiger partial charge in [0.1, 0.15) is 17.8 Å². The fraction of sp³-hybridized carbons (Fsp3) is 0.211. The number of fused-ring (bicyclic) bond motifs is 1. The summed E-state index contributed by atoms with van der Waals surface area (Å²) in [6.07, 6.45) is 4.97. The summed E-state index contributed by atoms with van der Waals surface area (Å²) in [6.45, 7) is 3.81. The first-order chi connectivity index (χ1) is 12.8. The highest BCUT2D eigenvalue weighted by atomic mass is 16.3. The van der Waals surface area contributed by atoms with Crippen molar-refractivity contribution in [1.82, 2.24) is 19.5 Å². The molecule has 0 bridgehead atoms. The Kier molecular flexibility index (Phi) is 4.27. The molecule has 0 saturated heterocycles. The summed E-state index contributed by atoms with van der Waals surface area (Å²) in [7, 11) is 0. The molecule has 1 aromatic carbocycles. The summed E-state index contributed by atoms with van der Waals surface area (Å²) in [4.78, 5) is 15.4. The number of para-hydroxylation sites is 1. The molecule has 26 heavy (non-hydrogen) atoms. The second-order valence-corrected chi connectivity index (χ2v) is 5.96. The number of hydrogen-bond donors (Lipinski definition) is 1. The second-order valence-electron chi connectivity index (χ2n) is 5.96. The lowest BCUT2D eigenvalue weighted by Gasteiger charge is -2.23. The molecule has 0 unspecified atom stereocenters. The number of imidazole rings is 1. The maximum absolute atomic E-state index is 10.2. The van der Waals surface area contributed by atoms with Crippen LogP contribution in [0.4, 0.5) is 5.82 Å². The number of aromatic nitrogens is 4. The van der Waals surface area contributed by atoms with Crippen LogP contribution in [0.3, 0.4) is 0 Å². The predicted molar refractivity (Wildman–Crippen MR) is 97.7 cm³/mol. The largest absolute Gasteiger partial charge is 0.508 e. The van der Waals surface area contributed by atoms with Crippen LogP contribution in [0.1, 0.15) is 18.2 Å². The molecule has 7 heteroatoms. The van der Waals surface area contributed by atoms with E-state index >= 15 is 0 Å². The van der Waals surface area contributed by atoms with Crippen molar-refractivity contribution in [3.05, 3.63) is 66.6 Å². The molecule has 0 aliphatic carbocycles. The van der Waals surface area contributed by atoms with E-state index < -0.39 is 0 Å². The summed E-state index contributed by atoms with van der Waals surface area (Å²) in [5.74, 6) is 1.77. The van der Waals surface area contributed by atoms with Gasteiger partial charge in [-0.25, -0.2) is 15.0 Å². The third-order valence-electron chi connectivity index (χ3n) is 4.30. The van der Waals surface area contributed by atoms with Gasteiger partial charge in [0, 0.05) is 18.7 Å². The Morgan fingerprint density at radius 3 is 2.73 bits per heavy atom. The number of aromatic hydroxyl groups is 1. The minimum Gasteiger partial charge on any atom is -0.508 e. The number of nitrogens with zero attached hydrogens (tertiary/aromatic N) is 5. The third kappa shape index (κ3) is 2.99. The zero-order valence-corrected chi connectivity index (χ0v) is 14.4. The Hall–Kier alpha value is -3.35. The van der Waals surface area contributed by atoms with E-state index in [2.05, 4.69) is 15.0 Å². The normalized spacial score (nSPS) is 11.1. The van der Waals surface area contributed by atoms with Gasteiger partial charge in [-0.3, -0.25) is 0 Å². The first-order valence-corrected chi connectivity index (χ1v) is 8.46. The highest BCUT2D eigenvalue weighted by Gasteiger charge is 2.18. The number of benzene rings is 1. The topological polar surface area (TPSA) is 80.2 Å². The van der Waals surface area contributed by atoms with Crippen molar-refractivity contribution in [3.8, 4) is 5.75 Å². The molecule has 0 saturated carbocycles. The van der Waals surface area contributed by atoms with E-state index in [4.69, 9.17) is 4.42 Å². The fourth-order valence-corrected chi connectivity index (χ4v) is 2.98. The Bertz CT molecular complexity index is 1010. The number of furan rings is 1. The van der Waals surface area contributed by atoms with Crippen LogP contribution in [0.25, 0.3) is 11.2 Å². The molecule has 0 amide bonds. The molecule has 7 nitrogen and oxygen atoms in total.